The van der Waals surface area contributed by atoms with Crippen LogP contribution in [0.5, 0.6) is 0 Å². The molecule has 0 bridgehead atoms. The van der Waals surface area contributed by atoms with Crippen molar-refractivity contribution in [3.8, 4) is 0 Å². The van der Waals surface area contributed by atoms with Crippen LogP contribution in [0.15, 0.2) is 76.2 Å². The molecule has 2 unspecified atom stereocenters. The first kappa shape index (κ1) is 27.9. The third-order valence-electron chi connectivity index (χ3n) is 7.26. The molecule has 0 amide bonds. The fourth-order valence-corrected chi connectivity index (χ4v) is 6.29. The summed E-state index contributed by atoms with van der Waals surface area (Å²) in [6, 6.07) is 8.70. The Morgan fingerprint density at radius 3 is 2.12 bits per heavy atom. The molecule has 210 valence electrons. The van der Waals surface area contributed by atoms with Crippen molar-refractivity contribution < 1.29 is 22.6 Å². The molecule has 0 N–H and O–H groups in total. The highest BCUT2D eigenvalue weighted by Crippen LogP contribution is 2.43. The minimum Gasteiger partial charge on any atom is -0.481 e. The summed E-state index contributed by atoms with van der Waals surface area (Å²) in [5, 5.41) is 2.16. The molecule has 3 heterocycles. The zero-order valence-corrected chi connectivity index (χ0v) is 23.8. The molecule has 0 radical (unpaired) electrons. The number of fused-ring (bicyclic) bond motifs is 4. The molecule has 2 aromatic carbocycles. The highest BCUT2D eigenvalue weighted by Gasteiger charge is 2.46. The van der Waals surface area contributed by atoms with Crippen LogP contribution in [-0.4, -0.2) is 54.3 Å². The van der Waals surface area contributed by atoms with Gasteiger partial charge in [-0.3, -0.25) is 14.8 Å². The normalized spacial score (nSPS) is 23.2. The van der Waals surface area contributed by atoms with E-state index in [1.807, 2.05) is 17.0 Å². The Morgan fingerprint density at radius 1 is 0.875 bits per heavy atom. The van der Waals surface area contributed by atoms with E-state index in [9.17, 15) is 13.2 Å². The van der Waals surface area contributed by atoms with Crippen molar-refractivity contribution >= 4 is 52.1 Å². The third-order valence-corrected chi connectivity index (χ3v) is 8.43. The number of halogens is 7. The van der Waals surface area contributed by atoms with Gasteiger partial charge in [-0.25, -0.2) is 0 Å². The predicted octanol–water partition coefficient (Wildman–Crippen LogP) is 7.66. The van der Waals surface area contributed by atoms with Gasteiger partial charge in [0.05, 0.1) is 5.92 Å². The monoisotopic (exact) mass is 629 g/mol. The molecule has 0 spiro atoms. The van der Waals surface area contributed by atoms with E-state index < -0.39 is 12.2 Å². The maximum Gasteiger partial charge on any atom is 0.414 e. The smallest absolute Gasteiger partial charge is 0.414 e. The maximum atomic E-state index is 13.6. The minimum absolute atomic E-state index is 0.164. The molecule has 5 nitrogen and oxygen atoms in total. The summed E-state index contributed by atoms with van der Waals surface area (Å²) in [6.45, 7) is 2.38. The molecule has 6 rings (SSSR count). The van der Waals surface area contributed by atoms with Crippen LogP contribution >= 0.6 is 46.4 Å². The summed E-state index contributed by atoms with van der Waals surface area (Å²) in [4.78, 5) is 8.20. The number of aliphatic imine (C=N–C) groups is 1. The summed E-state index contributed by atoms with van der Waals surface area (Å²) in [6.07, 6.45) is -1.98. The zero-order chi connectivity index (χ0) is 28.2. The van der Waals surface area contributed by atoms with Crippen molar-refractivity contribution in [2.24, 2.45) is 10.9 Å². The molecule has 40 heavy (non-hydrogen) atoms. The number of alkyl halides is 3. The number of dihydropyridines is 1. The van der Waals surface area contributed by atoms with Gasteiger partial charge in [-0.2, -0.15) is 13.2 Å². The second kappa shape index (κ2) is 10.9. The molecule has 12 heteroatoms. The molecule has 3 aliphatic heterocycles. The topological polar surface area (TPSA) is 37.3 Å². The van der Waals surface area contributed by atoms with E-state index in [2.05, 4.69) is 9.89 Å². The maximum absolute atomic E-state index is 13.6. The summed E-state index contributed by atoms with van der Waals surface area (Å²) < 4.78 is 53.3. The molecule has 4 aliphatic rings. The third kappa shape index (κ3) is 5.50. The summed E-state index contributed by atoms with van der Waals surface area (Å²) in [5.74, 6) is 0.734. The number of benzene rings is 2. The Kier molecular flexibility index (Phi) is 7.61. The van der Waals surface area contributed by atoms with Gasteiger partial charge in [-0.1, -0.05) is 70.7 Å². The first-order valence-corrected chi connectivity index (χ1v) is 14.0. The van der Waals surface area contributed by atoms with Gasteiger partial charge in [-0.15, -0.1) is 0 Å². The van der Waals surface area contributed by atoms with Gasteiger partial charge in [0.25, 0.3) is 0 Å². The molecule has 1 fully saturated rings. The Bertz CT molecular complexity index is 1490. The van der Waals surface area contributed by atoms with Gasteiger partial charge in [0, 0.05) is 57.4 Å². The van der Waals surface area contributed by atoms with E-state index in [-0.39, 0.29) is 25.1 Å². The summed E-state index contributed by atoms with van der Waals surface area (Å²) >= 11 is 25.0. The Morgan fingerprint density at radius 2 is 1.50 bits per heavy atom. The molecular formula is C28H22Cl4F3N3O2. The lowest BCUT2D eigenvalue weighted by molar-refractivity contribution is -0.136. The molecule has 0 aromatic heterocycles. The van der Waals surface area contributed by atoms with Crippen LogP contribution in [0, 0.1) is 5.92 Å². The fourth-order valence-electron chi connectivity index (χ4n) is 5.36. The van der Waals surface area contributed by atoms with Crippen LogP contribution in [0.3, 0.4) is 0 Å². The highest BCUT2D eigenvalue weighted by atomic mass is 35.5. The average molecular weight is 631 g/mol. The Hall–Kier alpha value is -2.20. The van der Waals surface area contributed by atoms with Gasteiger partial charge < -0.3 is 9.47 Å². The Labute approximate surface area is 249 Å². The number of rotatable bonds is 4. The number of hydrogen-bond donors (Lipinski definition) is 0. The standard InChI is InChI=1S/C28H22Cl4F3N3O2/c29-17-3-1-15(22(31)7-17)9-37-11-20-21-12-38(10-16-2-4-18(30)8-23(16)32)14-40-27(21)25-19(26(20)39-13-37)5-6-24(36-25)28(33,34)35/h1-8,20,24H,9-14H2. The quantitative estimate of drug-likeness (QED) is 0.348. The number of hydrogen-bond acceptors (Lipinski definition) is 5. The number of nitrogens with zero attached hydrogens (tertiary/aromatic N) is 3. The van der Waals surface area contributed by atoms with Crippen molar-refractivity contribution in [1.29, 1.82) is 0 Å². The van der Waals surface area contributed by atoms with Gasteiger partial charge in [-0.05, 0) is 35.4 Å². The van der Waals surface area contributed by atoms with Gasteiger partial charge in [0.15, 0.2) is 6.04 Å². The molecule has 0 saturated carbocycles. The number of allylic oxidation sites excluding steroid dienone is 2. The van der Waals surface area contributed by atoms with Crippen molar-refractivity contribution in [3.63, 3.8) is 0 Å². The number of ether oxygens (including phenoxy) is 2. The van der Waals surface area contributed by atoms with Crippen molar-refractivity contribution in [3.05, 3.63) is 102 Å². The van der Waals surface area contributed by atoms with Crippen LogP contribution in [-0.2, 0) is 22.6 Å². The zero-order valence-electron chi connectivity index (χ0n) is 20.8. The lowest BCUT2D eigenvalue weighted by Gasteiger charge is -2.44. The first-order chi connectivity index (χ1) is 19.1. The van der Waals surface area contributed by atoms with Crippen molar-refractivity contribution in [1.82, 2.24) is 9.80 Å². The lowest BCUT2D eigenvalue weighted by atomic mass is 9.81. The summed E-state index contributed by atoms with van der Waals surface area (Å²) in [7, 11) is 0. The second-order valence-corrected chi connectivity index (χ2v) is 11.7. The van der Waals surface area contributed by atoms with E-state index in [0.29, 0.717) is 63.4 Å². The minimum atomic E-state index is -4.51. The van der Waals surface area contributed by atoms with E-state index in [0.717, 1.165) is 22.8 Å². The van der Waals surface area contributed by atoms with E-state index >= 15 is 0 Å². The van der Waals surface area contributed by atoms with Gasteiger partial charge >= 0.3 is 6.18 Å². The average Bonchev–Trinajstić information content (AvgIpc) is 2.91. The van der Waals surface area contributed by atoms with E-state index in [4.69, 9.17) is 55.9 Å². The van der Waals surface area contributed by atoms with Gasteiger partial charge in [0.1, 0.15) is 30.7 Å². The van der Waals surface area contributed by atoms with Crippen LogP contribution in [0.25, 0.3) is 0 Å². The largest absolute Gasteiger partial charge is 0.481 e. The first-order valence-electron chi connectivity index (χ1n) is 12.5. The lowest BCUT2D eigenvalue weighted by Crippen LogP contribution is -2.47. The fraction of sp³-hybridized carbons (Fsp3) is 0.321. The second-order valence-electron chi connectivity index (χ2n) is 10.0. The van der Waals surface area contributed by atoms with Crippen LogP contribution in [0.2, 0.25) is 20.1 Å². The predicted molar refractivity (Wildman–Crippen MR) is 150 cm³/mol. The molecule has 2 aromatic rings. The highest BCUT2D eigenvalue weighted by molar-refractivity contribution is 6.35. The molecule has 1 saturated heterocycles. The SMILES string of the molecule is FC(F)(F)C1C=CC2=C3OCN(Cc4ccc(Cl)cc4Cl)CC3C3=C(OCN(Cc4ccc(Cl)cc4Cl)C3)C2=N1. The van der Waals surface area contributed by atoms with Crippen molar-refractivity contribution in [2.45, 2.75) is 25.3 Å². The van der Waals surface area contributed by atoms with Crippen LogP contribution in [0.4, 0.5) is 13.2 Å². The summed E-state index contributed by atoms with van der Waals surface area (Å²) in [5.41, 5.74) is 3.28. The van der Waals surface area contributed by atoms with Crippen LogP contribution in [0.1, 0.15) is 11.1 Å². The molecule has 1 aliphatic carbocycles. The van der Waals surface area contributed by atoms with E-state index in [1.54, 1.807) is 24.3 Å². The molecule has 2 atom stereocenters. The van der Waals surface area contributed by atoms with Crippen molar-refractivity contribution in [2.75, 3.05) is 26.6 Å². The van der Waals surface area contributed by atoms with E-state index in [1.165, 1.54) is 6.08 Å². The van der Waals surface area contributed by atoms with Gasteiger partial charge in [0.2, 0.25) is 0 Å². The molecular weight excluding hydrogens is 609 g/mol. The Balaban J connectivity index is 1.32. The van der Waals surface area contributed by atoms with Crippen LogP contribution < -0.4 is 0 Å².